The number of benzene rings is 2. The van der Waals surface area contributed by atoms with Crippen molar-refractivity contribution in [1.29, 1.82) is 0 Å². The molecule has 26 heavy (non-hydrogen) atoms. The SMILES string of the molecule is Cc1cccc(-c2nc(CSc3nnnn3-c3cccc(F)c3)no2)c1. The number of hydrogen-bond donors (Lipinski definition) is 0. The molecule has 4 aromatic rings. The maximum Gasteiger partial charge on any atom is 0.257 e. The molecule has 0 spiro atoms. The highest BCUT2D eigenvalue weighted by molar-refractivity contribution is 7.98. The predicted octanol–water partition coefficient (Wildman–Crippen LogP) is 3.45. The lowest BCUT2D eigenvalue weighted by Crippen LogP contribution is -1.99. The molecule has 0 fully saturated rings. The summed E-state index contributed by atoms with van der Waals surface area (Å²) >= 11 is 1.34. The highest BCUT2D eigenvalue weighted by Crippen LogP contribution is 2.24. The molecule has 130 valence electrons. The van der Waals surface area contributed by atoms with E-state index in [-0.39, 0.29) is 5.82 Å². The van der Waals surface area contributed by atoms with Crippen molar-refractivity contribution in [3.63, 3.8) is 0 Å². The molecule has 0 saturated heterocycles. The van der Waals surface area contributed by atoms with Crippen molar-refractivity contribution in [2.75, 3.05) is 0 Å². The van der Waals surface area contributed by atoms with Gasteiger partial charge < -0.3 is 4.52 Å². The van der Waals surface area contributed by atoms with Crippen LogP contribution < -0.4 is 0 Å². The van der Waals surface area contributed by atoms with E-state index >= 15 is 0 Å². The molecule has 0 amide bonds. The van der Waals surface area contributed by atoms with Crippen molar-refractivity contribution >= 4 is 11.8 Å². The van der Waals surface area contributed by atoms with Crippen LogP contribution >= 0.6 is 11.8 Å². The first-order valence-corrected chi connectivity index (χ1v) is 8.74. The summed E-state index contributed by atoms with van der Waals surface area (Å²) in [6.07, 6.45) is 0. The molecule has 0 saturated carbocycles. The molecule has 2 aromatic heterocycles. The van der Waals surface area contributed by atoms with Gasteiger partial charge in [-0.1, -0.05) is 40.7 Å². The first-order valence-electron chi connectivity index (χ1n) is 7.76. The Morgan fingerprint density at radius 2 is 2.04 bits per heavy atom. The Kier molecular flexibility index (Phi) is 4.44. The Balaban J connectivity index is 1.50. The minimum Gasteiger partial charge on any atom is -0.334 e. The minimum atomic E-state index is -0.352. The summed E-state index contributed by atoms with van der Waals surface area (Å²) in [6, 6.07) is 13.9. The van der Waals surface area contributed by atoms with E-state index in [1.807, 2.05) is 31.2 Å². The van der Waals surface area contributed by atoms with Crippen LogP contribution in [0.2, 0.25) is 0 Å². The smallest absolute Gasteiger partial charge is 0.257 e. The van der Waals surface area contributed by atoms with Crippen molar-refractivity contribution in [2.24, 2.45) is 0 Å². The lowest BCUT2D eigenvalue weighted by molar-refractivity contribution is 0.425. The van der Waals surface area contributed by atoms with Gasteiger partial charge in [0.1, 0.15) is 5.82 Å². The molecule has 0 N–H and O–H groups in total. The van der Waals surface area contributed by atoms with Gasteiger partial charge in [-0.2, -0.15) is 9.67 Å². The first-order chi connectivity index (χ1) is 12.7. The summed E-state index contributed by atoms with van der Waals surface area (Å²) < 4.78 is 20.2. The molecule has 2 aromatic carbocycles. The van der Waals surface area contributed by atoms with Crippen LogP contribution in [0.4, 0.5) is 4.39 Å². The second-order valence-electron chi connectivity index (χ2n) is 5.53. The topological polar surface area (TPSA) is 82.5 Å². The molecule has 0 aliphatic heterocycles. The van der Waals surface area contributed by atoms with Gasteiger partial charge in [0, 0.05) is 5.56 Å². The zero-order chi connectivity index (χ0) is 17.9. The van der Waals surface area contributed by atoms with E-state index in [2.05, 4.69) is 25.7 Å². The number of nitrogens with zero attached hydrogens (tertiary/aromatic N) is 6. The third kappa shape index (κ3) is 3.47. The summed E-state index contributed by atoms with van der Waals surface area (Å²) in [7, 11) is 0. The molecule has 0 aliphatic rings. The summed E-state index contributed by atoms with van der Waals surface area (Å²) in [6.45, 7) is 2.00. The Bertz CT molecular complexity index is 1050. The van der Waals surface area contributed by atoms with Gasteiger partial charge in [0.05, 0.1) is 11.4 Å². The van der Waals surface area contributed by atoms with Crippen molar-refractivity contribution in [1.82, 2.24) is 30.3 Å². The number of halogens is 1. The van der Waals surface area contributed by atoms with Crippen molar-refractivity contribution in [2.45, 2.75) is 17.8 Å². The lowest BCUT2D eigenvalue weighted by atomic mass is 10.1. The Morgan fingerprint density at radius 3 is 2.88 bits per heavy atom. The van der Waals surface area contributed by atoms with Gasteiger partial charge in [0.25, 0.3) is 5.89 Å². The van der Waals surface area contributed by atoms with Crippen molar-refractivity contribution < 1.29 is 8.91 Å². The van der Waals surface area contributed by atoms with Crippen molar-refractivity contribution in [3.05, 3.63) is 65.7 Å². The van der Waals surface area contributed by atoms with Gasteiger partial charge in [-0.25, -0.2) is 4.39 Å². The number of thioether (sulfide) groups is 1. The summed E-state index contributed by atoms with van der Waals surface area (Å²) in [5.41, 5.74) is 2.54. The lowest BCUT2D eigenvalue weighted by Gasteiger charge is -2.02. The van der Waals surface area contributed by atoms with Gasteiger partial charge in [-0.3, -0.25) is 0 Å². The molecule has 0 aliphatic carbocycles. The van der Waals surface area contributed by atoms with E-state index in [1.165, 1.54) is 28.6 Å². The normalized spacial score (nSPS) is 11.0. The molecule has 0 unspecified atom stereocenters. The molecule has 4 rings (SSSR count). The number of aromatic nitrogens is 6. The highest BCUT2D eigenvalue weighted by Gasteiger charge is 2.13. The molecular formula is C17H13FN6OS. The van der Waals surface area contributed by atoms with Crippen LogP contribution in [0.15, 0.2) is 58.2 Å². The summed E-state index contributed by atoms with van der Waals surface area (Å²) in [4.78, 5) is 4.40. The zero-order valence-electron chi connectivity index (χ0n) is 13.7. The standard InChI is InChI=1S/C17H13FN6OS/c1-11-4-2-5-12(8-11)16-19-15(21-25-16)10-26-17-20-22-23-24(17)14-7-3-6-13(18)9-14/h2-9H,10H2,1H3. The average molecular weight is 368 g/mol. The predicted molar refractivity (Wildman–Crippen MR) is 93.1 cm³/mol. The highest BCUT2D eigenvalue weighted by atomic mass is 32.2. The number of hydrogen-bond acceptors (Lipinski definition) is 7. The van der Waals surface area contributed by atoms with Crippen molar-refractivity contribution in [3.8, 4) is 17.1 Å². The van der Waals surface area contributed by atoms with E-state index in [0.29, 0.717) is 28.3 Å². The fraction of sp³-hybridized carbons (Fsp3) is 0.118. The van der Waals surface area contributed by atoms with Gasteiger partial charge in [-0.05, 0) is 47.7 Å². The van der Waals surface area contributed by atoms with Gasteiger partial charge in [0.15, 0.2) is 5.82 Å². The third-order valence-electron chi connectivity index (χ3n) is 3.56. The number of aryl methyl sites for hydroxylation is 1. The van der Waals surface area contributed by atoms with E-state index < -0.39 is 0 Å². The fourth-order valence-corrected chi connectivity index (χ4v) is 3.11. The zero-order valence-corrected chi connectivity index (χ0v) is 14.5. The molecule has 0 radical (unpaired) electrons. The maximum atomic E-state index is 13.4. The van der Waals surface area contributed by atoms with E-state index in [0.717, 1.165) is 11.1 Å². The van der Waals surface area contributed by atoms with Crippen LogP contribution in [0.25, 0.3) is 17.1 Å². The molecule has 0 atom stereocenters. The van der Waals surface area contributed by atoms with Crippen LogP contribution in [0, 0.1) is 12.7 Å². The Morgan fingerprint density at radius 1 is 1.15 bits per heavy atom. The molecule has 0 bridgehead atoms. The molecule has 2 heterocycles. The van der Waals surface area contributed by atoms with E-state index in [4.69, 9.17) is 4.52 Å². The maximum absolute atomic E-state index is 13.4. The van der Waals surface area contributed by atoms with E-state index in [1.54, 1.807) is 12.1 Å². The van der Waals surface area contributed by atoms with Gasteiger partial charge in [-0.15, -0.1) is 5.10 Å². The van der Waals surface area contributed by atoms with Crippen LogP contribution in [0.5, 0.6) is 0 Å². The van der Waals surface area contributed by atoms with Crippen LogP contribution in [-0.2, 0) is 5.75 Å². The largest absolute Gasteiger partial charge is 0.334 e. The van der Waals surface area contributed by atoms with Crippen LogP contribution in [0.3, 0.4) is 0 Å². The fourth-order valence-electron chi connectivity index (χ4n) is 2.38. The van der Waals surface area contributed by atoms with Crippen LogP contribution in [0.1, 0.15) is 11.4 Å². The van der Waals surface area contributed by atoms with Gasteiger partial charge in [0.2, 0.25) is 5.16 Å². The average Bonchev–Trinajstić information content (AvgIpc) is 3.29. The second-order valence-corrected chi connectivity index (χ2v) is 6.47. The summed E-state index contributed by atoms with van der Waals surface area (Å²) in [5.74, 6) is 1.06. The number of tetrazole rings is 1. The Hall–Kier alpha value is -3.07. The van der Waals surface area contributed by atoms with Crippen LogP contribution in [-0.4, -0.2) is 30.3 Å². The summed E-state index contributed by atoms with van der Waals surface area (Å²) in [5, 5.41) is 16.0. The Labute approximate surface area is 152 Å². The monoisotopic (exact) mass is 368 g/mol. The molecule has 7 nitrogen and oxygen atoms in total. The van der Waals surface area contributed by atoms with E-state index in [9.17, 15) is 4.39 Å². The van der Waals surface area contributed by atoms with Gasteiger partial charge >= 0.3 is 0 Å². The first kappa shape index (κ1) is 16.4. The quantitative estimate of drug-likeness (QED) is 0.499. The third-order valence-corrected chi connectivity index (χ3v) is 4.47. The minimum absolute atomic E-state index is 0.352. The number of rotatable bonds is 5. The molecule has 9 heteroatoms. The second kappa shape index (κ2) is 7.04. The molecular weight excluding hydrogens is 355 g/mol.